The highest BCUT2D eigenvalue weighted by atomic mass is 16.5. The molecular weight excluding hydrogens is 380 g/mol. The Hall–Kier alpha value is -3.56. The second kappa shape index (κ2) is 6.22. The molecule has 0 N–H and O–H groups in total. The molecule has 2 fully saturated rings. The highest BCUT2D eigenvalue weighted by Crippen LogP contribution is 2.69. The van der Waals surface area contributed by atoms with E-state index in [9.17, 15) is 0 Å². The first-order chi connectivity index (χ1) is 15.4. The smallest absolute Gasteiger partial charge is 0.150 e. The molecule has 3 heterocycles. The zero-order chi connectivity index (χ0) is 20.4. The molecule has 0 radical (unpaired) electrons. The molecule has 0 bridgehead atoms. The molecule has 31 heavy (non-hydrogen) atoms. The number of hydrogen-bond acceptors (Lipinski definition) is 3. The standard InChI is InChI=1S/C28H22N2O/c1-3-11-20(12-4-1)27-29-19-28(29,21-13-5-2-6-14-21)26-22-15-7-9-17-24(22)31-25-18-10-8-16-23(25)30(26)27/h1-18,26-27H,19H2/t26-,27+,28-,29?/m0/s1. The van der Waals surface area contributed by atoms with E-state index >= 15 is 0 Å². The maximum atomic E-state index is 6.51. The summed E-state index contributed by atoms with van der Waals surface area (Å²) in [5.74, 6) is 1.88. The quantitative estimate of drug-likeness (QED) is 0.368. The summed E-state index contributed by atoms with van der Waals surface area (Å²) >= 11 is 0. The third-order valence-corrected chi connectivity index (χ3v) is 7.06. The third-order valence-electron chi connectivity index (χ3n) is 7.06. The lowest BCUT2D eigenvalue weighted by molar-refractivity contribution is 0.399. The molecule has 3 aliphatic rings. The van der Waals surface area contributed by atoms with Crippen molar-refractivity contribution in [2.45, 2.75) is 17.7 Å². The monoisotopic (exact) mass is 402 g/mol. The van der Waals surface area contributed by atoms with Crippen LogP contribution < -0.4 is 9.64 Å². The molecule has 3 nitrogen and oxygen atoms in total. The number of anilines is 1. The molecule has 4 aromatic carbocycles. The van der Waals surface area contributed by atoms with Crippen LogP contribution >= 0.6 is 0 Å². The summed E-state index contributed by atoms with van der Waals surface area (Å²) in [6, 6.07) is 39.1. The number of ether oxygens (including phenoxy) is 1. The van der Waals surface area contributed by atoms with Crippen molar-refractivity contribution in [3.05, 3.63) is 126 Å². The summed E-state index contributed by atoms with van der Waals surface area (Å²) in [4.78, 5) is 5.24. The van der Waals surface area contributed by atoms with Gasteiger partial charge in [0, 0.05) is 12.1 Å². The maximum Gasteiger partial charge on any atom is 0.150 e. The Morgan fingerprint density at radius 1 is 0.677 bits per heavy atom. The highest BCUT2D eigenvalue weighted by Gasteiger charge is 2.71. The van der Waals surface area contributed by atoms with Gasteiger partial charge in [-0.1, -0.05) is 91.0 Å². The van der Waals surface area contributed by atoms with Gasteiger partial charge < -0.3 is 9.64 Å². The third kappa shape index (κ3) is 2.27. The second-order valence-corrected chi connectivity index (χ2v) is 8.62. The fourth-order valence-electron chi connectivity index (χ4n) is 5.75. The van der Waals surface area contributed by atoms with Crippen LogP contribution in [-0.2, 0) is 5.54 Å². The van der Waals surface area contributed by atoms with Crippen molar-refractivity contribution < 1.29 is 4.74 Å². The van der Waals surface area contributed by atoms with E-state index in [0.29, 0.717) is 0 Å². The first-order valence-corrected chi connectivity index (χ1v) is 10.9. The predicted molar refractivity (Wildman–Crippen MR) is 122 cm³/mol. The number of rotatable bonds is 2. The molecule has 7 rings (SSSR count). The average molecular weight is 402 g/mol. The SMILES string of the molecule is c1ccc([C@H]2N3c4ccccc4Oc4ccccc4[C@H]3[C@@]3(c4ccccc4)CN23)cc1. The van der Waals surface area contributed by atoms with Gasteiger partial charge in [-0.25, -0.2) is 0 Å². The van der Waals surface area contributed by atoms with E-state index in [4.69, 9.17) is 4.74 Å². The van der Waals surface area contributed by atoms with Crippen molar-refractivity contribution in [3.63, 3.8) is 0 Å². The molecule has 1 unspecified atom stereocenters. The first kappa shape index (κ1) is 17.2. The van der Waals surface area contributed by atoms with E-state index in [1.165, 1.54) is 16.7 Å². The van der Waals surface area contributed by atoms with Gasteiger partial charge in [0.25, 0.3) is 0 Å². The van der Waals surface area contributed by atoms with Crippen molar-refractivity contribution in [3.8, 4) is 11.5 Å². The largest absolute Gasteiger partial charge is 0.455 e. The van der Waals surface area contributed by atoms with Gasteiger partial charge in [0.05, 0.1) is 17.3 Å². The van der Waals surface area contributed by atoms with Crippen molar-refractivity contribution in [1.29, 1.82) is 0 Å². The van der Waals surface area contributed by atoms with Crippen LogP contribution in [0.5, 0.6) is 11.5 Å². The number of nitrogens with zero attached hydrogens (tertiary/aromatic N) is 2. The summed E-state index contributed by atoms with van der Waals surface area (Å²) in [6.07, 6.45) is 0.155. The Morgan fingerprint density at radius 2 is 1.32 bits per heavy atom. The molecule has 3 heteroatoms. The van der Waals surface area contributed by atoms with Crippen molar-refractivity contribution in [2.75, 3.05) is 11.4 Å². The number of fused-ring (bicyclic) bond motifs is 7. The zero-order valence-corrected chi connectivity index (χ0v) is 17.1. The number of benzene rings is 4. The Labute approximate surface area is 182 Å². The van der Waals surface area contributed by atoms with Gasteiger partial charge in [-0.3, -0.25) is 4.90 Å². The van der Waals surface area contributed by atoms with Crippen LogP contribution in [-0.4, -0.2) is 11.4 Å². The fourth-order valence-corrected chi connectivity index (χ4v) is 5.75. The van der Waals surface area contributed by atoms with E-state index in [0.717, 1.165) is 23.7 Å². The predicted octanol–water partition coefficient (Wildman–Crippen LogP) is 6.26. The minimum Gasteiger partial charge on any atom is -0.455 e. The number of para-hydroxylation sites is 3. The molecule has 0 aromatic heterocycles. The summed E-state index contributed by atoms with van der Waals surface area (Å²) in [5, 5.41) is 0. The minimum atomic E-state index is -0.0708. The Kier molecular flexibility index (Phi) is 3.44. The van der Waals surface area contributed by atoms with Crippen molar-refractivity contribution in [1.82, 2.24) is 4.90 Å². The molecule has 0 spiro atoms. The van der Waals surface area contributed by atoms with Gasteiger partial charge in [-0.2, -0.15) is 0 Å². The average Bonchev–Trinajstić information content (AvgIpc) is 3.53. The highest BCUT2D eigenvalue weighted by molar-refractivity contribution is 5.69. The molecule has 4 aromatic rings. The maximum absolute atomic E-state index is 6.51. The normalized spacial score (nSPS) is 27.2. The molecule has 4 atom stereocenters. The summed E-state index contributed by atoms with van der Waals surface area (Å²) in [5.41, 5.74) is 5.02. The van der Waals surface area contributed by atoms with Crippen LogP contribution in [0.25, 0.3) is 0 Å². The van der Waals surface area contributed by atoms with E-state index in [1.54, 1.807) is 0 Å². The molecule has 3 aliphatic heterocycles. The van der Waals surface area contributed by atoms with Crippen molar-refractivity contribution >= 4 is 5.69 Å². The molecule has 150 valence electrons. The summed E-state index contributed by atoms with van der Waals surface area (Å²) in [6.45, 7) is 1.04. The van der Waals surface area contributed by atoms with Gasteiger partial charge in [-0.05, 0) is 29.3 Å². The zero-order valence-electron chi connectivity index (χ0n) is 17.1. The van der Waals surface area contributed by atoms with Crippen molar-refractivity contribution in [2.24, 2.45) is 0 Å². The van der Waals surface area contributed by atoms with E-state index < -0.39 is 0 Å². The van der Waals surface area contributed by atoms with Crippen LogP contribution in [0, 0.1) is 0 Å². The van der Waals surface area contributed by atoms with E-state index in [-0.39, 0.29) is 17.7 Å². The van der Waals surface area contributed by atoms with Crippen LogP contribution in [0.1, 0.15) is 28.9 Å². The summed E-state index contributed by atoms with van der Waals surface area (Å²) < 4.78 is 6.51. The first-order valence-electron chi connectivity index (χ1n) is 10.9. The Balaban J connectivity index is 1.54. The minimum absolute atomic E-state index is 0.0708. The lowest BCUT2D eigenvalue weighted by Gasteiger charge is -2.35. The van der Waals surface area contributed by atoms with Crippen LogP contribution in [0.2, 0.25) is 0 Å². The van der Waals surface area contributed by atoms with Crippen LogP contribution in [0.15, 0.2) is 109 Å². The van der Waals surface area contributed by atoms with E-state index in [2.05, 4.69) is 119 Å². The molecular formula is C28H22N2O. The number of hydrogen-bond donors (Lipinski definition) is 0. The Bertz CT molecular complexity index is 1270. The molecule has 0 saturated carbocycles. The van der Waals surface area contributed by atoms with Gasteiger partial charge in [-0.15, -0.1) is 0 Å². The van der Waals surface area contributed by atoms with Gasteiger partial charge in [0.1, 0.15) is 11.9 Å². The van der Waals surface area contributed by atoms with Gasteiger partial charge in [0.15, 0.2) is 5.75 Å². The van der Waals surface area contributed by atoms with Gasteiger partial charge in [0.2, 0.25) is 0 Å². The van der Waals surface area contributed by atoms with Gasteiger partial charge >= 0.3 is 0 Å². The molecule has 0 aliphatic carbocycles. The topological polar surface area (TPSA) is 15.5 Å². The Morgan fingerprint density at radius 3 is 2.13 bits per heavy atom. The lowest BCUT2D eigenvalue weighted by atomic mass is 9.85. The fraction of sp³-hybridized carbons (Fsp3) is 0.143. The summed E-state index contributed by atoms with van der Waals surface area (Å²) in [7, 11) is 0. The van der Waals surface area contributed by atoms with Crippen LogP contribution in [0.3, 0.4) is 0 Å². The van der Waals surface area contributed by atoms with Crippen LogP contribution in [0.4, 0.5) is 5.69 Å². The van der Waals surface area contributed by atoms with E-state index in [1.807, 2.05) is 0 Å². The molecule has 2 saturated heterocycles. The lowest BCUT2D eigenvalue weighted by Crippen LogP contribution is -2.34. The molecule has 0 amide bonds. The second-order valence-electron chi connectivity index (χ2n) is 8.62.